The van der Waals surface area contributed by atoms with Crippen LogP contribution in [0.1, 0.15) is 122 Å². The minimum Gasteiger partial charge on any atom is -0.489 e. The van der Waals surface area contributed by atoms with Crippen LogP contribution in [-0.4, -0.2) is 104 Å². The average Bonchev–Trinajstić information content (AvgIpc) is 3.29. The summed E-state index contributed by atoms with van der Waals surface area (Å²) in [6.07, 6.45) is 0. The van der Waals surface area contributed by atoms with Crippen LogP contribution in [0.25, 0.3) is 0 Å². The molecule has 0 bridgehead atoms. The summed E-state index contributed by atoms with van der Waals surface area (Å²) in [6.45, 7) is 30.3. The average molecular weight is 953 g/mol. The van der Waals surface area contributed by atoms with E-state index in [0.29, 0.717) is 11.1 Å². The molecule has 0 aliphatic rings. The smallest absolute Gasteiger partial charge is 0.386 e. The number of rotatable bonds is 34. The lowest BCUT2D eigenvalue weighted by molar-refractivity contribution is -0.136. The van der Waals surface area contributed by atoms with Gasteiger partial charge in [0.2, 0.25) is 34.5 Å². The number of hydrogen-bond acceptors (Lipinski definition) is 18. The maximum atomic E-state index is 14.3. The van der Waals surface area contributed by atoms with E-state index in [0.717, 1.165) is 0 Å². The number of benzene rings is 2. The molecule has 18 heteroatoms. The van der Waals surface area contributed by atoms with E-state index in [1.807, 2.05) is 13.8 Å². The highest BCUT2D eigenvalue weighted by Gasteiger charge is 2.46. The normalized spacial score (nSPS) is 10.7. The Hall–Kier alpha value is -5.94. The maximum absolute atomic E-state index is 14.3. The van der Waals surface area contributed by atoms with Crippen LogP contribution in [0.5, 0.6) is 57.5 Å². The Morgan fingerprint density at radius 3 is 0.701 bits per heavy atom. The van der Waals surface area contributed by atoms with Crippen LogP contribution in [-0.2, 0) is 43.4 Å². The molecule has 0 radical (unpaired) electrons. The molecule has 0 spiro atoms. The van der Waals surface area contributed by atoms with Gasteiger partial charge < -0.3 is 75.8 Å². The summed E-state index contributed by atoms with van der Waals surface area (Å²) in [4.78, 5) is 28.6. The first-order valence-corrected chi connectivity index (χ1v) is 23.5. The second-order valence-corrected chi connectivity index (χ2v) is 13.7. The van der Waals surface area contributed by atoms with Crippen molar-refractivity contribution in [1.82, 2.24) is 0 Å². The van der Waals surface area contributed by atoms with Crippen molar-refractivity contribution in [2.75, 3.05) is 92.5 Å². The zero-order valence-electron chi connectivity index (χ0n) is 42.7. The van der Waals surface area contributed by atoms with Crippen LogP contribution < -0.4 is 47.4 Å². The Labute approximate surface area is 397 Å². The highest BCUT2D eigenvalue weighted by Crippen LogP contribution is 2.64. The van der Waals surface area contributed by atoms with Gasteiger partial charge in [0, 0.05) is 5.41 Å². The van der Waals surface area contributed by atoms with Gasteiger partial charge in [-0.3, -0.25) is 0 Å². The fraction of sp³-hybridized carbons (Fsp3) is 0.633. The van der Waals surface area contributed by atoms with Gasteiger partial charge in [-0.2, -0.15) is 0 Å². The summed E-state index contributed by atoms with van der Waals surface area (Å²) in [6, 6.07) is 0. The molecular weight excluding hydrogens is 877 g/mol. The molecule has 0 heterocycles. The van der Waals surface area contributed by atoms with Crippen molar-refractivity contribution < 1.29 is 85.4 Å². The first kappa shape index (κ1) is 57.2. The number of carbonyl (C=O) groups excluding carboxylic acids is 2. The molecular formula is C49H76O18. The molecule has 2 rings (SSSR count). The second kappa shape index (κ2) is 29.6. The van der Waals surface area contributed by atoms with Crippen molar-refractivity contribution in [2.24, 2.45) is 0 Å². The third-order valence-corrected chi connectivity index (χ3v) is 8.93. The summed E-state index contributed by atoms with van der Waals surface area (Å²) in [5, 5.41) is 0. The van der Waals surface area contributed by atoms with E-state index in [9.17, 15) is 9.59 Å². The van der Waals surface area contributed by atoms with E-state index in [1.165, 1.54) is 0 Å². The van der Waals surface area contributed by atoms with Crippen LogP contribution in [0.4, 0.5) is 0 Å². The fourth-order valence-electron chi connectivity index (χ4n) is 6.79. The van der Waals surface area contributed by atoms with Crippen LogP contribution in [0.2, 0.25) is 0 Å². The lowest BCUT2D eigenvalue weighted by Crippen LogP contribution is -2.27. The number of hydrogen-bond donors (Lipinski definition) is 0. The van der Waals surface area contributed by atoms with Crippen molar-refractivity contribution in [1.29, 1.82) is 0 Å². The van der Waals surface area contributed by atoms with Gasteiger partial charge in [-0.25, -0.2) is 9.59 Å². The maximum Gasteiger partial charge on any atom is 0.386 e. The molecule has 0 aliphatic heterocycles. The van der Waals surface area contributed by atoms with Gasteiger partial charge in [0.1, 0.15) is 0 Å². The highest BCUT2D eigenvalue weighted by molar-refractivity contribution is 5.91. The molecule has 2 aromatic rings. The van der Waals surface area contributed by atoms with Crippen molar-refractivity contribution in [3.05, 3.63) is 34.5 Å². The second-order valence-electron chi connectivity index (χ2n) is 13.7. The minimum absolute atomic E-state index is 0.0177. The summed E-state index contributed by atoms with van der Waals surface area (Å²) >= 11 is 0. The summed E-state index contributed by atoms with van der Waals surface area (Å²) in [7, 11) is 0. The molecule has 0 atom stereocenters. The van der Waals surface area contributed by atoms with E-state index in [2.05, 4.69) is 0 Å². The van der Waals surface area contributed by atoms with Gasteiger partial charge in [-0.1, -0.05) is 13.8 Å². The summed E-state index contributed by atoms with van der Waals surface area (Å²) in [5.41, 5.74) is -0.571. The SMILES string of the molecule is CCOC(OCC)=C(OCC)C(=O)Oc1c(OCC)c(OCC)c(C(C)(C)c2c(OCC)c(OCC)c(OC(=O)C(OCC)=C(OCC)OCC)c(OCC)c2OCC)c(OCC)c1OCC. The van der Waals surface area contributed by atoms with Gasteiger partial charge >= 0.3 is 23.8 Å². The number of ether oxygens (including phenoxy) is 16. The predicted molar refractivity (Wildman–Crippen MR) is 249 cm³/mol. The topological polar surface area (TPSA) is 182 Å². The molecule has 67 heavy (non-hydrogen) atoms. The largest absolute Gasteiger partial charge is 0.489 e. The van der Waals surface area contributed by atoms with Gasteiger partial charge in [0.25, 0.3) is 11.5 Å². The summed E-state index contributed by atoms with van der Waals surface area (Å²) in [5.74, 6) is -2.48. The van der Waals surface area contributed by atoms with Crippen LogP contribution in [0.3, 0.4) is 0 Å². The van der Waals surface area contributed by atoms with Gasteiger partial charge in [0.15, 0.2) is 23.0 Å². The Morgan fingerprint density at radius 2 is 0.507 bits per heavy atom. The van der Waals surface area contributed by atoms with Crippen LogP contribution in [0.15, 0.2) is 23.4 Å². The molecule has 2 aromatic carbocycles. The monoisotopic (exact) mass is 953 g/mol. The lowest BCUT2D eigenvalue weighted by atomic mass is 9.75. The Morgan fingerprint density at radius 1 is 0.299 bits per heavy atom. The van der Waals surface area contributed by atoms with E-state index in [4.69, 9.17) is 75.8 Å². The number of esters is 2. The van der Waals surface area contributed by atoms with Crippen molar-refractivity contribution in [3.8, 4) is 57.5 Å². The minimum atomic E-state index is -1.33. The van der Waals surface area contributed by atoms with E-state index >= 15 is 0 Å². The first-order chi connectivity index (χ1) is 32.3. The van der Waals surface area contributed by atoms with Crippen LogP contribution >= 0.6 is 0 Å². The molecule has 380 valence electrons. The molecule has 0 saturated heterocycles. The summed E-state index contributed by atoms with van der Waals surface area (Å²) < 4.78 is 98.4. The Balaban J connectivity index is 3.47. The Kier molecular flexibility index (Phi) is 25.3. The third-order valence-electron chi connectivity index (χ3n) is 8.93. The first-order valence-electron chi connectivity index (χ1n) is 23.5. The fourth-order valence-corrected chi connectivity index (χ4v) is 6.79. The zero-order chi connectivity index (χ0) is 50.1. The Bertz CT molecular complexity index is 1710. The molecule has 0 unspecified atom stereocenters. The predicted octanol–water partition coefficient (Wildman–Crippen LogP) is 9.57. The molecule has 18 nitrogen and oxygen atoms in total. The quantitative estimate of drug-likeness (QED) is 0.0279. The molecule has 0 amide bonds. The van der Waals surface area contributed by atoms with Crippen molar-refractivity contribution in [3.63, 3.8) is 0 Å². The number of carbonyl (C=O) groups is 2. The molecule has 0 aromatic heterocycles. The lowest BCUT2D eigenvalue weighted by Gasteiger charge is -2.36. The van der Waals surface area contributed by atoms with Gasteiger partial charge in [0.05, 0.1) is 104 Å². The van der Waals surface area contributed by atoms with Gasteiger partial charge in [-0.15, -0.1) is 0 Å². The zero-order valence-corrected chi connectivity index (χ0v) is 42.7. The standard InChI is InChI=1S/C49H76O18/c1-17-52-33-31(34(53-18-2)38(57-22-6)41(37(33)56-21-5)66-45(50)43(60-25-9)47(62-27-11)63-28-12)49(15,16)32-35(54-19-3)39(58-23-7)42(40(59-24-8)36(32)55-20-4)67-46(51)44(61-26-10)48(64-29-13)65-30-14/h17-30H2,1-16H3. The highest BCUT2D eigenvalue weighted by atomic mass is 16.7. The van der Waals surface area contributed by atoms with E-state index < -0.39 is 17.4 Å². The molecule has 0 saturated carbocycles. The third kappa shape index (κ3) is 14.0. The molecule has 0 N–H and O–H groups in total. The van der Waals surface area contributed by atoms with Gasteiger partial charge in [-0.05, 0) is 96.9 Å². The van der Waals surface area contributed by atoms with Crippen molar-refractivity contribution in [2.45, 2.75) is 116 Å². The van der Waals surface area contributed by atoms with E-state index in [-0.39, 0.29) is 173 Å². The van der Waals surface area contributed by atoms with Crippen LogP contribution in [0, 0.1) is 0 Å². The van der Waals surface area contributed by atoms with E-state index in [1.54, 1.807) is 96.9 Å². The molecule has 0 aliphatic carbocycles. The van der Waals surface area contributed by atoms with Crippen molar-refractivity contribution >= 4 is 11.9 Å². The molecule has 0 fully saturated rings.